The van der Waals surface area contributed by atoms with Crippen LogP contribution in [0, 0.1) is 0 Å². The molecule has 0 aromatic rings. The largest absolute Gasteiger partial charge is 0.370 e. The Labute approximate surface area is 102 Å². The molecule has 16 heavy (non-hydrogen) atoms. The van der Waals surface area contributed by atoms with Gasteiger partial charge in [-0.2, -0.15) is 11.8 Å². The molecule has 90 valence electrons. The first-order chi connectivity index (χ1) is 7.74. The topological polar surface area (TPSA) is 41.6 Å². The lowest BCUT2D eigenvalue weighted by Crippen LogP contribution is -2.58. The summed E-state index contributed by atoms with van der Waals surface area (Å²) < 4.78 is 0. The van der Waals surface area contributed by atoms with E-state index in [4.69, 9.17) is 5.73 Å². The van der Waals surface area contributed by atoms with Gasteiger partial charge in [-0.3, -0.25) is 4.99 Å². The van der Waals surface area contributed by atoms with E-state index in [2.05, 4.69) is 28.6 Å². The number of guanidine groups is 1. The highest BCUT2D eigenvalue weighted by Gasteiger charge is 2.52. The molecule has 2 atom stereocenters. The maximum atomic E-state index is 6.14. The molecule has 0 aromatic carbocycles. The van der Waals surface area contributed by atoms with Crippen LogP contribution >= 0.6 is 11.8 Å². The molecule has 3 aliphatic rings. The highest BCUT2D eigenvalue weighted by molar-refractivity contribution is 8.00. The SMILES string of the molecule is CC1SCCC12CN=C(N)N2C1CCCC1. The fourth-order valence-corrected chi connectivity index (χ4v) is 5.05. The lowest BCUT2D eigenvalue weighted by Gasteiger charge is -2.42. The lowest BCUT2D eigenvalue weighted by atomic mass is 9.90. The highest BCUT2D eigenvalue weighted by atomic mass is 32.2. The fourth-order valence-electron chi connectivity index (χ4n) is 3.61. The molecule has 0 bridgehead atoms. The second-order valence-electron chi connectivity index (χ2n) is 5.35. The molecule has 0 aromatic heterocycles. The Hall–Kier alpha value is -0.380. The van der Waals surface area contributed by atoms with Crippen molar-refractivity contribution in [1.29, 1.82) is 0 Å². The molecule has 2 fully saturated rings. The molecule has 3 rings (SSSR count). The van der Waals surface area contributed by atoms with E-state index in [0.717, 1.165) is 12.5 Å². The molecule has 1 spiro atoms. The van der Waals surface area contributed by atoms with Crippen molar-refractivity contribution in [2.24, 2.45) is 10.7 Å². The van der Waals surface area contributed by atoms with Crippen molar-refractivity contribution in [1.82, 2.24) is 4.90 Å². The molecule has 0 amide bonds. The molecule has 1 saturated heterocycles. The zero-order valence-electron chi connectivity index (χ0n) is 9.98. The standard InChI is InChI=1S/C12H21N3S/c1-9-12(6-7-16-9)8-14-11(13)15(12)10-4-2-3-5-10/h9-10H,2-8H2,1H3,(H2,13,14). The van der Waals surface area contributed by atoms with Crippen LogP contribution in [0.1, 0.15) is 39.0 Å². The maximum absolute atomic E-state index is 6.14. The summed E-state index contributed by atoms with van der Waals surface area (Å²) in [5.74, 6) is 2.09. The molecule has 3 nitrogen and oxygen atoms in total. The van der Waals surface area contributed by atoms with Gasteiger partial charge in [-0.1, -0.05) is 19.8 Å². The molecule has 1 aliphatic carbocycles. The number of nitrogens with zero attached hydrogens (tertiary/aromatic N) is 2. The van der Waals surface area contributed by atoms with Crippen LogP contribution in [0.2, 0.25) is 0 Å². The van der Waals surface area contributed by atoms with E-state index in [9.17, 15) is 0 Å². The van der Waals surface area contributed by atoms with E-state index < -0.39 is 0 Å². The Balaban J connectivity index is 1.89. The van der Waals surface area contributed by atoms with Crippen LogP contribution in [-0.4, -0.2) is 40.0 Å². The van der Waals surface area contributed by atoms with Crippen LogP contribution in [0.25, 0.3) is 0 Å². The monoisotopic (exact) mass is 239 g/mol. The lowest BCUT2D eigenvalue weighted by molar-refractivity contribution is 0.152. The third-order valence-corrected chi connectivity index (χ3v) is 5.97. The molecular formula is C12H21N3S. The molecule has 4 heteroatoms. The number of nitrogens with two attached hydrogens (primary N) is 1. The summed E-state index contributed by atoms with van der Waals surface area (Å²) in [6.45, 7) is 3.29. The van der Waals surface area contributed by atoms with Crippen LogP contribution < -0.4 is 5.73 Å². The summed E-state index contributed by atoms with van der Waals surface area (Å²) in [6.07, 6.45) is 6.63. The third kappa shape index (κ3) is 1.38. The van der Waals surface area contributed by atoms with E-state index in [1.807, 2.05) is 0 Å². The minimum Gasteiger partial charge on any atom is -0.370 e. The van der Waals surface area contributed by atoms with Crippen LogP contribution in [0.4, 0.5) is 0 Å². The molecule has 2 unspecified atom stereocenters. The van der Waals surface area contributed by atoms with Gasteiger partial charge in [-0.15, -0.1) is 0 Å². The second-order valence-corrected chi connectivity index (χ2v) is 6.80. The summed E-state index contributed by atoms with van der Waals surface area (Å²) in [5.41, 5.74) is 6.41. The molecule has 1 saturated carbocycles. The fraction of sp³-hybridized carbons (Fsp3) is 0.917. The first-order valence-electron chi connectivity index (χ1n) is 6.45. The average Bonchev–Trinajstić information content (AvgIpc) is 2.93. The van der Waals surface area contributed by atoms with Crippen molar-refractivity contribution in [2.75, 3.05) is 12.3 Å². The van der Waals surface area contributed by atoms with Crippen LogP contribution in [-0.2, 0) is 0 Å². The number of hydrogen-bond acceptors (Lipinski definition) is 4. The van der Waals surface area contributed by atoms with Crippen LogP contribution in [0.15, 0.2) is 4.99 Å². The Morgan fingerprint density at radius 3 is 2.81 bits per heavy atom. The van der Waals surface area contributed by atoms with E-state index in [0.29, 0.717) is 11.3 Å². The smallest absolute Gasteiger partial charge is 0.192 e. The van der Waals surface area contributed by atoms with Crippen molar-refractivity contribution in [3.8, 4) is 0 Å². The van der Waals surface area contributed by atoms with Gasteiger partial charge in [0, 0.05) is 11.3 Å². The van der Waals surface area contributed by atoms with Gasteiger partial charge in [0.05, 0.1) is 12.1 Å². The first kappa shape index (κ1) is 10.8. The van der Waals surface area contributed by atoms with Gasteiger partial charge in [-0.05, 0) is 25.0 Å². The van der Waals surface area contributed by atoms with Crippen LogP contribution in [0.3, 0.4) is 0 Å². The zero-order chi connectivity index (χ0) is 11.2. The number of rotatable bonds is 1. The van der Waals surface area contributed by atoms with E-state index >= 15 is 0 Å². The molecule has 0 radical (unpaired) electrons. The predicted octanol–water partition coefficient (Wildman–Crippen LogP) is 1.82. The highest BCUT2D eigenvalue weighted by Crippen LogP contribution is 2.45. The second kappa shape index (κ2) is 3.83. The van der Waals surface area contributed by atoms with E-state index in [1.54, 1.807) is 0 Å². The van der Waals surface area contributed by atoms with Gasteiger partial charge in [0.15, 0.2) is 5.96 Å². The third-order valence-electron chi connectivity index (χ3n) is 4.59. The van der Waals surface area contributed by atoms with Gasteiger partial charge < -0.3 is 10.6 Å². The van der Waals surface area contributed by atoms with Crippen molar-refractivity contribution < 1.29 is 0 Å². The Kier molecular flexibility index (Phi) is 2.57. The van der Waals surface area contributed by atoms with Crippen molar-refractivity contribution in [3.05, 3.63) is 0 Å². The van der Waals surface area contributed by atoms with Gasteiger partial charge in [0.1, 0.15) is 0 Å². The van der Waals surface area contributed by atoms with Crippen molar-refractivity contribution in [3.63, 3.8) is 0 Å². The molecule has 2 N–H and O–H groups in total. The van der Waals surface area contributed by atoms with Crippen molar-refractivity contribution in [2.45, 2.75) is 55.9 Å². The molecule has 2 aliphatic heterocycles. The maximum Gasteiger partial charge on any atom is 0.192 e. The zero-order valence-corrected chi connectivity index (χ0v) is 10.8. The Morgan fingerprint density at radius 2 is 2.19 bits per heavy atom. The van der Waals surface area contributed by atoms with Crippen LogP contribution in [0.5, 0.6) is 0 Å². The normalized spacial score (nSPS) is 39.9. The van der Waals surface area contributed by atoms with Gasteiger partial charge in [0.25, 0.3) is 0 Å². The quantitative estimate of drug-likeness (QED) is 0.759. The Morgan fingerprint density at radius 1 is 1.44 bits per heavy atom. The summed E-state index contributed by atoms with van der Waals surface area (Å²) >= 11 is 2.09. The van der Waals surface area contributed by atoms with Gasteiger partial charge >= 0.3 is 0 Å². The number of thioether (sulfide) groups is 1. The predicted molar refractivity (Wildman–Crippen MR) is 69.9 cm³/mol. The van der Waals surface area contributed by atoms with E-state index in [-0.39, 0.29) is 5.54 Å². The minimum atomic E-state index is 0.268. The van der Waals surface area contributed by atoms with Crippen molar-refractivity contribution >= 4 is 17.7 Å². The van der Waals surface area contributed by atoms with E-state index in [1.165, 1.54) is 37.9 Å². The summed E-state index contributed by atoms with van der Waals surface area (Å²) in [7, 11) is 0. The minimum absolute atomic E-state index is 0.268. The molecular weight excluding hydrogens is 218 g/mol. The van der Waals surface area contributed by atoms with Gasteiger partial charge in [-0.25, -0.2) is 0 Å². The first-order valence-corrected chi connectivity index (χ1v) is 7.50. The summed E-state index contributed by atoms with van der Waals surface area (Å²) in [6, 6.07) is 0.674. The molecule has 2 heterocycles. The number of aliphatic imine (C=N–C) groups is 1. The summed E-state index contributed by atoms with van der Waals surface area (Å²) in [5, 5.41) is 0.679. The Bertz CT molecular complexity index is 311. The average molecular weight is 239 g/mol. The summed E-state index contributed by atoms with van der Waals surface area (Å²) in [4.78, 5) is 7.06. The van der Waals surface area contributed by atoms with Gasteiger partial charge in [0.2, 0.25) is 0 Å². The number of hydrogen-bond donors (Lipinski definition) is 1.